The van der Waals surface area contributed by atoms with Crippen LogP contribution in [0.3, 0.4) is 0 Å². The molecule has 0 radical (unpaired) electrons. The Morgan fingerprint density at radius 1 is 1.38 bits per heavy atom. The fourth-order valence-electron chi connectivity index (χ4n) is 1.50. The molecule has 0 aliphatic rings. The maximum atomic E-state index is 13.7. The van der Waals surface area contributed by atoms with Crippen LogP contribution in [0.2, 0.25) is 0 Å². The van der Waals surface area contributed by atoms with E-state index >= 15 is 0 Å². The number of hydrogen-bond donors (Lipinski definition) is 1. The maximum absolute atomic E-state index is 13.7. The van der Waals surface area contributed by atoms with Crippen molar-refractivity contribution in [3.63, 3.8) is 0 Å². The molecule has 1 rings (SSSR count). The molecular formula is C11H16ClF2NO. The third-order valence-corrected chi connectivity index (χ3v) is 2.28. The molecule has 1 atom stereocenters. The molecular weight excluding hydrogens is 236 g/mol. The molecule has 0 fully saturated rings. The lowest BCUT2D eigenvalue weighted by Crippen LogP contribution is -2.14. The van der Waals surface area contributed by atoms with Gasteiger partial charge in [-0.2, -0.15) is 0 Å². The average Bonchev–Trinajstić information content (AvgIpc) is 2.18. The van der Waals surface area contributed by atoms with Gasteiger partial charge in [0.05, 0.1) is 7.11 Å². The van der Waals surface area contributed by atoms with Gasteiger partial charge in [-0.25, -0.2) is 8.78 Å². The molecule has 0 unspecified atom stereocenters. The molecule has 1 aromatic carbocycles. The summed E-state index contributed by atoms with van der Waals surface area (Å²) in [5.74, 6) is -1.29. The van der Waals surface area contributed by atoms with Crippen LogP contribution in [-0.4, -0.2) is 7.11 Å². The molecule has 0 bridgehead atoms. The van der Waals surface area contributed by atoms with Crippen LogP contribution in [0, 0.1) is 11.6 Å². The van der Waals surface area contributed by atoms with Crippen LogP contribution in [0.1, 0.15) is 31.4 Å². The topological polar surface area (TPSA) is 35.2 Å². The Morgan fingerprint density at radius 2 is 2.00 bits per heavy atom. The van der Waals surface area contributed by atoms with Crippen molar-refractivity contribution in [2.75, 3.05) is 7.11 Å². The standard InChI is InChI=1S/C11H15F2NO.ClH/c1-3-4-8(14)10-7(12)5-6-9(15-2)11(10)13;/h5-6,8H,3-4,14H2,1-2H3;1H/t8-;/m0./s1. The summed E-state index contributed by atoms with van der Waals surface area (Å²) in [5.41, 5.74) is 5.61. The van der Waals surface area contributed by atoms with E-state index in [9.17, 15) is 8.78 Å². The smallest absolute Gasteiger partial charge is 0.172 e. The highest BCUT2D eigenvalue weighted by Crippen LogP contribution is 2.28. The third-order valence-electron chi connectivity index (χ3n) is 2.28. The second-order valence-electron chi connectivity index (χ2n) is 3.37. The van der Waals surface area contributed by atoms with E-state index in [1.54, 1.807) is 0 Å². The van der Waals surface area contributed by atoms with Crippen LogP contribution >= 0.6 is 12.4 Å². The van der Waals surface area contributed by atoms with Crippen LogP contribution < -0.4 is 10.5 Å². The van der Waals surface area contributed by atoms with E-state index in [1.165, 1.54) is 19.2 Å². The van der Waals surface area contributed by atoms with Gasteiger partial charge in [0.25, 0.3) is 0 Å². The first-order valence-electron chi connectivity index (χ1n) is 4.89. The van der Waals surface area contributed by atoms with Gasteiger partial charge < -0.3 is 10.5 Å². The molecule has 0 heterocycles. The second kappa shape index (κ2) is 6.66. The summed E-state index contributed by atoms with van der Waals surface area (Å²) in [6.07, 6.45) is 1.32. The van der Waals surface area contributed by atoms with Crippen LogP contribution in [0.5, 0.6) is 5.75 Å². The summed E-state index contributed by atoms with van der Waals surface area (Å²) < 4.78 is 31.8. The van der Waals surface area contributed by atoms with Crippen molar-refractivity contribution in [2.24, 2.45) is 5.73 Å². The predicted octanol–water partition coefficient (Wildman–Crippen LogP) is 3.20. The number of hydrogen-bond acceptors (Lipinski definition) is 2. The van der Waals surface area contributed by atoms with Crippen molar-refractivity contribution in [3.05, 3.63) is 29.3 Å². The minimum absolute atomic E-state index is 0. The van der Waals surface area contributed by atoms with Crippen LogP contribution in [0.4, 0.5) is 8.78 Å². The van der Waals surface area contributed by atoms with Gasteiger partial charge in [-0.1, -0.05) is 13.3 Å². The van der Waals surface area contributed by atoms with Gasteiger partial charge in [-0.3, -0.25) is 0 Å². The van der Waals surface area contributed by atoms with Gasteiger partial charge in [0.15, 0.2) is 11.6 Å². The lowest BCUT2D eigenvalue weighted by Gasteiger charge is -2.14. The summed E-state index contributed by atoms with van der Waals surface area (Å²) in [4.78, 5) is 0. The largest absolute Gasteiger partial charge is 0.494 e. The maximum Gasteiger partial charge on any atom is 0.172 e. The van der Waals surface area contributed by atoms with Gasteiger partial charge >= 0.3 is 0 Å². The normalized spacial score (nSPS) is 11.8. The number of nitrogens with two attached hydrogens (primary N) is 1. The van der Waals surface area contributed by atoms with Gasteiger partial charge in [0.1, 0.15) is 5.82 Å². The summed E-state index contributed by atoms with van der Waals surface area (Å²) in [7, 11) is 1.34. The van der Waals surface area contributed by atoms with E-state index in [4.69, 9.17) is 10.5 Å². The van der Waals surface area contributed by atoms with E-state index < -0.39 is 17.7 Å². The fourth-order valence-corrected chi connectivity index (χ4v) is 1.50. The molecule has 1 aromatic rings. The zero-order valence-electron chi connectivity index (χ0n) is 9.30. The van der Waals surface area contributed by atoms with E-state index in [1.807, 2.05) is 6.92 Å². The molecule has 16 heavy (non-hydrogen) atoms. The van der Waals surface area contributed by atoms with E-state index in [0.717, 1.165) is 6.42 Å². The molecule has 0 saturated heterocycles. The van der Waals surface area contributed by atoms with E-state index in [2.05, 4.69) is 0 Å². The molecule has 0 saturated carbocycles. The van der Waals surface area contributed by atoms with Crippen molar-refractivity contribution >= 4 is 12.4 Å². The van der Waals surface area contributed by atoms with Gasteiger partial charge in [0.2, 0.25) is 0 Å². The van der Waals surface area contributed by atoms with Crippen molar-refractivity contribution in [1.82, 2.24) is 0 Å². The van der Waals surface area contributed by atoms with Crippen molar-refractivity contribution in [3.8, 4) is 5.75 Å². The summed E-state index contributed by atoms with van der Waals surface area (Å²) in [5, 5.41) is 0. The number of benzene rings is 1. The molecule has 0 aliphatic heterocycles. The number of ether oxygens (including phenoxy) is 1. The summed E-state index contributed by atoms with van der Waals surface area (Å²) in [6, 6.07) is 1.81. The summed E-state index contributed by atoms with van der Waals surface area (Å²) >= 11 is 0. The highest BCUT2D eigenvalue weighted by atomic mass is 35.5. The zero-order chi connectivity index (χ0) is 11.4. The molecule has 92 valence electrons. The van der Waals surface area contributed by atoms with Crippen molar-refractivity contribution < 1.29 is 13.5 Å². The average molecular weight is 252 g/mol. The van der Waals surface area contributed by atoms with Gasteiger partial charge in [-0.05, 0) is 18.6 Å². The number of rotatable bonds is 4. The number of methoxy groups -OCH3 is 1. The Hall–Kier alpha value is -0.870. The monoisotopic (exact) mass is 251 g/mol. The molecule has 5 heteroatoms. The van der Waals surface area contributed by atoms with Crippen LogP contribution in [-0.2, 0) is 0 Å². The lowest BCUT2D eigenvalue weighted by atomic mass is 10.0. The van der Waals surface area contributed by atoms with Gasteiger partial charge in [-0.15, -0.1) is 12.4 Å². The molecule has 2 N–H and O–H groups in total. The second-order valence-corrected chi connectivity index (χ2v) is 3.37. The molecule has 0 aromatic heterocycles. The first-order chi connectivity index (χ1) is 7.11. The van der Waals surface area contributed by atoms with Crippen LogP contribution in [0.25, 0.3) is 0 Å². The number of halogens is 3. The fraction of sp³-hybridized carbons (Fsp3) is 0.455. The van der Waals surface area contributed by atoms with E-state index in [0.29, 0.717) is 6.42 Å². The SMILES string of the molecule is CCC[C@H](N)c1c(F)ccc(OC)c1F.Cl. The Balaban J connectivity index is 0.00000225. The minimum Gasteiger partial charge on any atom is -0.494 e. The first kappa shape index (κ1) is 15.1. The minimum atomic E-state index is -0.696. The zero-order valence-corrected chi connectivity index (χ0v) is 10.1. The molecule has 0 spiro atoms. The Labute approximate surface area is 100 Å². The van der Waals surface area contributed by atoms with Crippen LogP contribution in [0.15, 0.2) is 12.1 Å². The molecule has 0 amide bonds. The summed E-state index contributed by atoms with van der Waals surface area (Å²) in [6.45, 7) is 1.91. The third kappa shape index (κ3) is 3.06. The van der Waals surface area contributed by atoms with E-state index in [-0.39, 0.29) is 23.7 Å². The lowest BCUT2D eigenvalue weighted by molar-refractivity contribution is 0.376. The Bertz CT molecular complexity index is 347. The highest BCUT2D eigenvalue weighted by molar-refractivity contribution is 5.85. The van der Waals surface area contributed by atoms with Crippen molar-refractivity contribution in [2.45, 2.75) is 25.8 Å². The Kier molecular flexibility index (Phi) is 6.29. The highest BCUT2D eigenvalue weighted by Gasteiger charge is 2.19. The quantitative estimate of drug-likeness (QED) is 0.892. The molecule has 0 aliphatic carbocycles. The Morgan fingerprint density at radius 3 is 2.50 bits per heavy atom. The molecule has 2 nitrogen and oxygen atoms in total. The predicted molar refractivity (Wildman–Crippen MR) is 62.0 cm³/mol. The first-order valence-corrected chi connectivity index (χ1v) is 4.89. The van der Waals surface area contributed by atoms with Gasteiger partial charge in [0, 0.05) is 11.6 Å². The van der Waals surface area contributed by atoms with Crippen molar-refractivity contribution in [1.29, 1.82) is 0 Å².